The third-order valence-corrected chi connectivity index (χ3v) is 5.90. The van der Waals surface area contributed by atoms with Crippen molar-refractivity contribution in [2.24, 2.45) is 0 Å². The summed E-state index contributed by atoms with van der Waals surface area (Å²) in [5.74, 6) is 0.415. The van der Waals surface area contributed by atoms with Crippen LogP contribution in [0.4, 0.5) is 10.1 Å². The Labute approximate surface area is 182 Å². The minimum absolute atomic E-state index is 0.255. The molecule has 1 saturated heterocycles. The average Bonchev–Trinajstić information content (AvgIpc) is 3.57. The second kappa shape index (κ2) is 8.70. The molecule has 0 bridgehead atoms. The number of nitrogens with one attached hydrogen (secondary N) is 1. The number of thiazole rings is 1. The highest BCUT2D eigenvalue weighted by Gasteiger charge is 2.23. The van der Waals surface area contributed by atoms with E-state index in [2.05, 4.69) is 25.2 Å². The topological polar surface area (TPSA) is 98.3 Å². The molecule has 5 heterocycles. The number of morpholine rings is 1. The summed E-state index contributed by atoms with van der Waals surface area (Å²) in [6.07, 6.45) is 8.51. The van der Waals surface area contributed by atoms with Crippen molar-refractivity contribution in [3.05, 3.63) is 66.7 Å². The molecule has 1 N–H and O–H groups in total. The quantitative estimate of drug-likeness (QED) is 0.496. The maximum absolute atomic E-state index is 12.8. The van der Waals surface area contributed by atoms with E-state index in [1.807, 2.05) is 29.0 Å². The molecule has 5 rings (SSSR count). The van der Waals surface area contributed by atoms with Crippen molar-refractivity contribution in [2.45, 2.75) is 6.54 Å². The fourth-order valence-electron chi connectivity index (χ4n) is 3.31. The van der Waals surface area contributed by atoms with Crippen molar-refractivity contribution in [3.8, 4) is 11.5 Å². The number of anilines is 2. The second-order valence-corrected chi connectivity index (χ2v) is 7.95. The lowest BCUT2D eigenvalue weighted by atomic mass is 10.2. The number of imidazole rings is 1. The molecule has 0 atom stereocenters. The van der Waals surface area contributed by atoms with Crippen molar-refractivity contribution >= 4 is 27.4 Å². The van der Waals surface area contributed by atoms with Crippen molar-refractivity contribution in [1.29, 1.82) is 0 Å². The monoisotopic (exact) mass is 436 g/mol. The van der Waals surface area contributed by atoms with Crippen LogP contribution in [0.1, 0.15) is 16.1 Å². The number of hydrogen-bond acceptors (Lipinski definition) is 8. The van der Waals surface area contributed by atoms with E-state index < -0.39 is 0 Å². The predicted octanol–water partition coefficient (Wildman–Crippen LogP) is 3.13. The molecule has 0 aromatic carbocycles. The molecule has 1 aliphatic rings. The van der Waals surface area contributed by atoms with Crippen LogP contribution >= 0.6 is 11.3 Å². The normalized spacial score (nSPS) is 14.0. The highest BCUT2D eigenvalue weighted by atomic mass is 32.1. The van der Waals surface area contributed by atoms with Gasteiger partial charge in [0.25, 0.3) is 5.91 Å². The van der Waals surface area contributed by atoms with Gasteiger partial charge in [0.15, 0.2) is 10.9 Å². The molecule has 1 aliphatic heterocycles. The standard InChI is InChI=1S/C21H20N6O3S/c28-19(15-3-4-16(23-12-15)13-26-6-5-22-14-26)25-21-24-18(17-2-1-9-30-17)20(31-21)27-7-10-29-11-8-27/h1-6,9,12,14H,7-8,10-11,13H2,(H,24,25,28). The molecule has 0 aliphatic carbocycles. The maximum atomic E-state index is 12.8. The molecule has 31 heavy (non-hydrogen) atoms. The number of nitrogens with zero attached hydrogens (tertiary/aromatic N) is 5. The van der Waals surface area contributed by atoms with Gasteiger partial charge in [0.05, 0.1) is 43.6 Å². The number of furan rings is 1. The number of aromatic nitrogens is 4. The minimum Gasteiger partial charge on any atom is -0.463 e. The van der Waals surface area contributed by atoms with Gasteiger partial charge >= 0.3 is 0 Å². The molecule has 4 aromatic heterocycles. The first kappa shape index (κ1) is 19.5. The summed E-state index contributed by atoms with van der Waals surface area (Å²) >= 11 is 1.43. The van der Waals surface area contributed by atoms with Crippen LogP contribution in [0.5, 0.6) is 0 Å². The van der Waals surface area contributed by atoms with E-state index in [0.717, 1.165) is 29.5 Å². The lowest BCUT2D eigenvalue weighted by molar-refractivity contribution is 0.102. The zero-order chi connectivity index (χ0) is 21.0. The SMILES string of the molecule is O=C(Nc1nc(-c2ccco2)c(N2CCOCC2)s1)c1ccc(Cn2ccnc2)nc1. The van der Waals surface area contributed by atoms with Crippen molar-refractivity contribution in [1.82, 2.24) is 19.5 Å². The summed E-state index contributed by atoms with van der Waals surface area (Å²) in [5, 5.41) is 4.37. The van der Waals surface area contributed by atoms with Crippen LogP contribution in [-0.4, -0.2) is 51.7 Å². The molecule has 0 spiro atoms. The Hall–Kier alpha value is -3.50. The molecule has 0 saturated carbocycles. The van der Waals surface area contributed by atoms with Gasteiger partial charge in [-0.05, 0) is 24.3 Å². The summed E-state index contributed by atoms with van der Waals surface area (Å²) in [4.78, 5) is 28.0. The number of rotatable bonds is 6. The zero-order valence-electron chi connectivity index (χ0n) is 16.6. The van der Waals surface area contributed by atoms with Gasteiger partial charge in [-0.15, -0.1) is 0 Å². The predicted molar refractivity (Wildman–Crippen MR) is 116 cm³/mol. The van der Waals surface area contributed by atoms with Gasteiger partial charge in [0.1, 0.15) is 10.7 Å². The molecule has 1 amide bonds. The van der Waals surface area contributed by atoms with E-state index in [0.29, 0.717) is 36.2 Å². The van der Waals surface area contributed by atoms with Crippen LogP contribution in [0, 0.1) is 0 Å². The lowest BCUT2D eigenvalue weighted by Gasteiger charge is -2.27. The molecular formula is C21H20N6O3S. The molecule has 158 valence electrons. The fourth-order valence-corrected chi connectivity index (χ4v) is 4.33. The summed E-state index contributed by atoms with van der Waals surface area (Å²) in [7, 11) is 0. The fraction of sp³-hybridized carbons (Fsp3) is 0.238. The Balaban J connectivity index is 1.33. The first-order chi connectivity index (χ1) is 15.3. The van der Waals surface area contributed by atoms with Crippen LogP contribution < -0.4 is 10.2 Å². The molecule has 1 fully saturated rings. The molecule has 10 heteroatoms. The van der Waals surface area contributed by atoms with Gasteiger partial charge in [-0.2, -0.15) is 0 Å². The molecule has 9 nitrogen and oxygen atoms in total. The summed E-state index contributed by atoms with van der Waals surface area (Å²) < 4.78 is 12.9. The average molecular weight is 436 g/mol. The number of amides is 1. The van der Waals surface area contributed by atoms with Crippen LogP contribution in [0.3, 0.4) is 0 Å². The number of ether oxygens (including phenoxy) is 1. The van der Waals surface area contributed by atoms with Gasteiger partial charge < -0.3 is 18.6 Å². The summed E-state index contributed by atoms with van der Waals surface area (Å²) in [5.41, 5.74) is 2.04. The number of hydrogen-bond donors (Lipinski definition) is 1. The Morgan fingerprint density at radius 2 is 2.13 bits per heavy atom. The first-order valence-corrected chi connectivity index (χ1v) is 10.7. The third kappa shape index (κ3) is 4.35. The number of pyridine rings is 1. The Morgan fingerprint density at radius 1 is 1.23 bits per heavy atom. The minimum atomic E-state index is -0.255. The Kier molecular flexibility index (Phi) is 5.46. The maximum Gasteiger partial charge on any atom is 0.259 e. The first-order valence-electron chi connectivity index (χ1n) is 9.86. The number of carbonyl (C=O) groups is 1. The Bertz CT molecular complexity index is 1130. The van der Waals surface area contributed by atoms with Crippen molar-refractivity contribution in [3.63, 3.8) is 0 Å². The molecular weight excluding hydrogens is 416 g/mol. The highest BCUT2D eigenvalue weighted by molar-refractivity contribution is 7.20. The smallest absolute Gasteiger partial charge is 0.259 e. The summed E-state index contributed by atoms with van der Waals surface area (Å²) in [6.45, 7) is 3.46. The van der Waals surface area contributed by atoms with E-state index in [1.165, 1.54) is 11.3 Å². The van der Waals surface area contributed by atoms with E-state index in [9.17, 15) is 4.79 Å². The van der Waals surface area contributed by atoms with Gasteiger partial charge in [-0.1, -0.05) is 11.3 Å². The van der Waals surface area contributed by atoms with Gasteiger partial charge in [-0.3, -0.25) is 15.1 Å². The van der Waals surface area contributed by atoms with E-state index in [-0.39, 0.29) is 5.91 Å². The van der Waals surface area contributed by atoms with Gasteiger partial charge in [-0.25, -0.2) is 9.97 Å². The van der Waals surface area contributed by atoms with E-state index in [4.69, 9.17) is 9.15 Å². The summed E-state index contributed by atoms with van der Waals surface area (Å²) in [6, 6.07) is 7.29. The second-order valence-electron chi connectivity index (χ2n) is 6.98. The van der Waals surface area contributed by atoms with Gasteiger partial charge in [0, 0.05) is 31.7 Å². The van der Waals surface area contributed by atoms with Crippen molar-refractivity contribution in [2.75, 3.05) is 36.5 Å². The lowest BCUT2D eigenvalue weighted by Crippen LogP contribution is -2.35. The van der Waals surface area contributed by atoms with Crippen LogP contribution in [0.25, 0.3) is 11.5 Å². The van der Waals surface area contributed by atoms with Crippen molar-refractivity contribution < 1.29 is 13.9 Å². The molecule has 0 radical (unpaired) electrons. The molecule has 0 unspecified atom stereocenters. The van der Waals surface area contributed by atoms with E-state index >= 15 is 0 Å². The van der Waals surface area contributed by atoms with E-state index in [1.54, 1.807) is 31.1 Å². The van der Waals surface area contributed by atoms with Crippen LogP contribution in [0.15, 0.2) is 59.9 Å². The van der Waals surface area contributed by atoms with Gasteiger partial charge in [0.2, 0.25) is 0 Å². The zero-order valence-corrected chi connectivity index (χ0v) is 17.4. The third-order valence-electron chi connectivity index (χ3n) is 4.87. The largest absolute Gasteiger partial charge is 0.463 e. The van der Waals surface area contributed by atoms with Crippen LogP contribution in [0.2, 0.25) is 0 Å². The highest BCUT2D eigenvalue weighted by Crippen LogP contribution is 2.39. The number of carbonyl (C=O) groups excluding carboxylic acids is 1. The Morgan fingerprint density at radius 3 is 2.84 bits per heavy atom. The molecule has 4 aromatic rings. The van der Waals surface area contributed by atoms with Crippen LogP contribution in [-0.2, 0) is 11.3 Å².